The summed E-state index contributed by atoms with van der Waals surface area (Å²) in [5, 5.41) is 9.19. The molecule has 0 atom stereocenters. The van der Waals surface area contributed by atoms with Gasteiger partial charge in [0, 0.05) is 5.92 Å². The number of aromatic hydroxyl groups is 1. The number of ether oxygens (including phenoxy) is 1. The van der Waals surface area contributed by atoms with Crippen LogP contribution in [0.3, 0.4) is 0 Å². The first-order chi connectivity index (χ1) is 6.34. The van der Waals surface area contributed by atoms with Crippen LogP contribution in [0, 0.1) is 5.92 Å². The van der Waals surface area contributed by atoms with E-state index in [1.54, 1.807) is 12.1 Å². The minimum atomic E-state index is 0.312. The fourth-order valence-electron chi connectivity index (χ4n) is 1.24. The summed E-state index contributed by atoms with van der Waals surface area (Å²) in [6, 6.07) is 7.22. The van der Waals surface area contributed by atoms with Gasteiger partial charge < -0.3 is 9.84 Å². The fourth-order valence-corrected chi connectivity index (χ4v) is 1.24. The zero-order valence-electron chi connectivity index (χ0n) is 7.31. The Morgan fingerprint density at radius 3 is 2.85 bits per heavy atom. The number of hydrogen-bond acceptors (Lipinski definition) is 2. The highest BCUT2D eigenvalue weighted by atomic mass is 16.5. The molecule has 1 aliphatic rings. The summed E-state index contributed by atoms with van der Waals surface area (Å²) >= 11 is 0. The van der Waals surface area contributed by atoms with Crippen LogP contribution in [0.1, 0.15) is 5.56 Å². The van der Waals surface area contributed by atoms with Crippen molar-refractivity contribution in [3.63, 3.8) is 0 Å². The van der Waals surface area contributed by atoms with Crippen LogP contribution in [0.5, 0.6) is 5.75 Å². The molecule has 0 spiro atoms. The van der Waals surface area contributed by atoms with Crippen LogP contribution in [-0.4, -0.2) is 18.3 Å². The standard InChI is InChI=1S/C11H12O2/c12-11-3-1-2-9(6-11)4-5-10-7-13-8-10/h1-6,10,12H,7-8H2/b5-4+. The molecule has 68 valence electrons. The van der Waals surface area contributed by atoms with Crippen LogP contribution >= 0.6 is 0 Å². The van der Waals surface area contributed by atoms with E-state index in [1.807, 2.05) is 18.2 Å². The van der Waals surface area contributed by atoms with Crippen LogP contribution < -0.4 is 0 Å². The Balaban J connectivity index is 2.03. The van der Waals surface area contributed by atoms with Crippen LogP contribution in [0.15, 0.2) is 30.3 Å². The van der Waals surface area contributed by atoms with E-state index in [0.29, 0.717) is 11.7 Å². The Morgan fingerprint density at radius 2 is 2.23 bits per heavy atom. The van der Waals surface area contributed by atoms with E-state index in [1.165, 1.54) is 0 Å². The van der Waals surface area contributed by atoms with E-state index < -0.39 is 0 Å². The molecule has 1 aliphatic heterocycles. The quantitative estimate of drug-likeness (QED) is 0.747. The maximum atomic E-state index is 9.19. The SMILES string of the molecule is Oc1cccc(/C=C/C2COC2)c1. The van der Waals surface area contributed by atoms with E-state index in [2.05, 4.69) is 6.08 Å². The third kappa shape index (κ3) is 2.10. The summed E-state index contributed by atoms with van der Waals surface area (Å²) in [5.74, 6) is 0.870. The fraction of sp³-hybridized carbons (Fsp3) is 0.273. The molecule has 0 bridgehead atoms. The van der Waals surface area contributed by atoms with Crippen LogP contribution in [0.25, 0.3) is 6.08 Å². The molecule has 1 N–H and O–H groups in total. The molecule has 0 aliphatic carbocycles. The average Bonchev–Trinajstić information content (AvgIpc) is 2.01. The zero-order valence-corrected chi connectivity index (χ0v) is 7.31. The second-order valence-electron chi connectivity index (χ2n) is 3.25. The molecule has 0 aromatic heterocycles. The topological polar surface area (TPSA) is 29.5 Å². The average molecular weight is 176 g/mol. The molecule has 1 saturated heterocycles. The molecule has 2 heteroatoms. The van der Waals surface area contributed by atoms with Crippen molar-refractivity contribution in [1.82, 2.24) is 0 Å². The summed E-state index contributed by atoms with van der Waals surface area (Å²) in [6.45, 7) is 1.66. The summed E-state index contributed by atoms with van der Waals surface area (Å²) in [6.07, 6.45) is 4.14. The van der Waals surface area contributed by atoms with E-state index >= 15 is 0 Å². The van der Waals surface area contributed by atoms with Crippen molar-refractivity contribution < 1.29 is 9.84 Å². The maximum absolute atomic E-state index is 9.19. The summed E-state index contributed by atoms with van der Waals surface area (Å²) in [7, 11) is 0. The monoisotopic (exact) mass is 176 g/mol. The zero-order chi connectivity index (χ0) is 9.10. The maximum Gasteiger partial charge on any atom is 0.116 e. The van der Waals surface area contributed by atoms with Gasteiger partial charge in [-0.25, -0.2) is 0 Å². The Kier molecular flexibility index (Phi) is 2.32. The Morgan fingerprint density at radius 1 is 1.38 bits per heavy atom. The van der Waals surface area contributed by atoms with Gasteiger partial charge in [-0.2, -0.15) is 0 Å². The van der Waals surface area contributed by atoms with Gasteiger partial charge in [0.1, 0.15) is 5.75 Å². The van der Waals surface area contributed by atoms with Gasteiger partial charge >= 0.3 is 0 Å². The van der Waals surface area contributed by atoms with Crippen molar-refractivity contribution in [2.24, 2.45) is 5.92 Å². The lowest BCUT2D eigenvalue weighted by Crippen LogP contribution is -2.24. The first-order valence-corrected chi connectivity index (χ1v) is 4.39. The van der Waals surface area contributed by atoms with Crippen LogP contribution in [-0.2, 0) is 4.74 Å². The van der Waals surface area contributed by atoms with Crippen molar-refractivity contribution in [1.29, 1.82) is 0 Å². The van der Waals surface area contributed by atoms with Crippen molar-refractivity contribution in [3.05, 3.63) is 35.9 Å². The lowest BCUT2D eigenvalue weighted by atomic mass is 10.1. The molecule has 1 aromatic rings. The van der Waals surface area contributed by atoms with E-state index in [0.717, 1.165) is 18.8 Å². The molecule has 1 fully saturated rings. The van der Waals surface area contributed by atoms with Gasteiger partial charge in [-0.15, -0.1) is 0 Å². The number of rotatable bonds is 2. The number of phenols is 1. The Labute approximate surface area is 77.5 Å². The predicted octanol–water partition coefficient (Wildman–Crippen LogP) is 2.05. The second kappa shape index (κ2) is 3.62. The van der Waals surface area contributed by atoms with Gasteiger partial charge in [-0.1, -0.05) is 24.3 Å². The normalized spacial score (nSPS) is 17.5. The molecule has 0 amide bonds. The van der Waals surface area contributed by atoms with Crippen molar-refractivity contribution in [2.75, 3.05) is 13.2 Å². The van der Waals surface area contributed by atoms with Gasteiger partial charge in [0.2, 0.25) is 0 Å². The second-order valence-corrected chi connectivity index (χ2v) is 3.25. The van der Waals surface area contributed by atoms with Gasteiger partial charge in [0.15, 0.2) is 0 Å². The third-order valence-corrected chi connectivity index (χ3v) is 2.09. The molecule has 0 saturated carbocycles. The molecule has 13 heavy (non-hydrogen) atoms. The van der Waals surface area contributed by atoms with Gasteiger partial charge in [-0.05, 0) is 17.7 Å². The molecule has 1 aromatic carbocycles. The highest BCUT2D eigenvalue weighted by Gasteiger charge is 2.13. The van der Waals surface area contributed by atoms with Gasteiger partial charge in [-0.3, -0.25) is 0 Å². The lowest BCUT2D eigenvalue weighted by molar-refractivity contribution is -0.00730. The molecule has 2 rings (SSSR count). The van der Waals surface area contributed by atoms with E-state index in [-0.39, 0.29) is 0 Å². The Hall–Kier alpha value is -1.28. The summed E-state index contributed by atoms with van der Waals surface area (Å²) in [5.41, 5.74) is 1.03. The van der Waals surface area contributed by atoms with Crippen LogP contribution in [0.2, 0.25) is 0 Å². The number of phenolic OH excluding ortho intramolecular Hbond substituents is 1. The number of benzene rings is 1. The molecular formula is C11H12O2. The summed E-state index contributed by atoms with van der Waals surface area (Å²) in [4.78, 5) is 0. The highest BCUT2D eigenvalue weighted by Crippen LogP contribution is 2.16. The predicted molar refractivity (Wildman–Crippen MR) is 51.4 cm³/mol. The summed E-state index contributed by atoms with van der Waals surface area (Å²) < 4.78 is 5.05. The molecule has 0 unspecified atom stereocenters. The van der Waals surface area contributed by atoms with Crippen molar-refractivity contribution >= 4 is 6.08 Å². The smallest absolute Gasteiger partial charge is 0.116 e. The molecular weight excluding hydrogens is 164 g/mol. The van der Waals surface area contributed by atoms with Gasteiger partial charge in [0.05, 0.1) is 13.2 Å². The highest BCUT2D eigenvalue weighted by molar-refractivity contribution is 5.51. The van der Waals surface area contributed by atoms with E-state index in [9.17, 15) is 5.11 Å². The molecule has 1 heterocycles. The van der Waals surface area contributed by atoms with E-state index in [4.69, 9.17) is 4.74 Å². The lowest BCUT2D eigenvalue weighted by Gasteiger charge is -2.22. The first-order valence-electron chi connectivity index (χ1n) is 4.39. The van der Waals surface area contributed by atoms with Crippen LogP contribution in [0.4, 0.5) is 0 Å². The first kappa shape index (κ1) is 8.32. The van der Waals surface area contributed by atoms with Crippen molar-refractivity contribution in [2.45, 2.75) is 0 Å². The molecule has 2 nitrogen and oxygen atoms in total. The minimum absolute atomic E-state index is 0.312. The molecule has 0 radical (unpaired) electrons. The largest absolute Gasteiger partial charge is 0.508 e. The minimum Gasteiger partial charge on any atom is -0.508 e. The van der Waals surface area contributed by atoms with Crippen molar-refractivity contribution in [3.8, 4) is 5.75 Å². The van der Waals surface area contributed by atoms with Gasteiger partial charge in [0.25, 0.3) is 0 Å². The Bertz CT molecular complexity index is 314. The number of hydrogen-bond donors (Lipinski definition) is 1. The third-order valence-electron chi connectivity index (χ3n) is 2.09.